The molecule has 0 N–H and O–H groups in total. The zero-order valence-electron chi connectivity index (χ0n) is 64.6. The second kappa shape index (κ2) is 27.2. The average molecular weight is 1530 g/mol. The average Bonchev–Trinajstić information content (AvgIpc) is 1.53. The van der Waals surface area contributed by atoms with Gasteiger partial charge in [0.2, 0.25) is 8.07 Å². The quantitative estimate of drug-likeness (QED) is 0.0792. The molecule has 0 saturated heterocycles. The molecule has 17 aromatic rings. The Morgan fingerprint density at radius 2 is 0.591 bits per heavy atom. The van der Waals surface area contributed by atoms with E-state index in [0.29, 0.717) is 23.3 Å². The maximum Gasteiger partial charge on any atom is 0.202 e. The van der Waals surface area contributed by atoms with Crippen molar-refractivity contribution in [1.29, 1.82) is 0 Å². The summed E-state index contributed by atoms with van der Waals surface area (Å²) in [6.07, 6.45) is 0. The third-order valence-corrected chi connectivity index (χ3v) is 34.5. The van der Waals surface area contributed by atoms with Crippen LogP contribution in [0.15, 0.2) is 376 Å². The Labute approximate surface area is 674 Å². The standard InChI is InChI=1S/C105H79N5O2Si3/c1-113(2,3)77-57-51-73(52-58-77)101-108-102(110-103(109-101)76-56-63-88-84(66-76)82-36-18-19-37-86(82)104(88)90-38-20-24-42-95(90)111-96-43-25-21-39-91(96)104)74-53-59-78(60-54-74)114(4,5)68-69-46-61-87-83(64-69)85-65-75(55-62-89(85)105(87)92-40-22-26-44-97(92)112-98-45-27-23-41-93(98)105)70-47-49-72(50-48-70)100-106-94(71-28-10-6-11-29-71)67-99(107-100)115(79-30-12-7-13-31-79,80-32-14-8-15-33-80)81-34-16-9-17-35-81/h6-67H,68H2,1-5H3. The largest absolute Gasteiger partial charge is 0.457 e. The number of hydrogen-bond acceptors (Lipinski definition) is 7. The number of aromatic nitrogens is 5. The zero-order valence-corrected chi connectivity index (χ0v) is 67.6. The van der Waals surface area contributed by atoms with Crippen LogP contribution in [0.25, 0.3) is 90.2 Å². The van der Waals surface area contributed by atoms with Gasteiger partial charge in [-0.1, -0.05) is 377 Å². The maximum absolute atomic E-state index is 6.85. The predicted octanol–water partition coefficient (Wildman–Crippen LogP) is 21.2. The molecule has 0 unspecified atom stereocenters. The molecule has 0 atom stereocenters. The molecule has 21 rings (SSSR count). The minimum atomic E-state index is -3.06. The summed E-state index contributed by atoms with van der Waals surface area (Å²) in [6, 6.07) is 138. The molecule has 0 saturated carbocycles. The molecule has 0 radical (unpaired) electrons. The van der Waals surface area contributed by atoms with E-state index in [-0.39, 0.29) is 0 Å². The van der Waals surface area contributed by atoms with Crippen LogP contribution in [0.2, 0.25) is 32.7 Å². The number of rotatable bonds is 14. The van der Waals surface area contributed by atoms with Crippen molar-refractivity contribution in [1.82, 2.24) is 24.9 Å². The number of ether oxygens (including phenoxy) is 2. The first-order valence-corrected chi connectivity index (χ1v) is 48.5. The van der Waals surface area contributed by atoms with Gasteiger partial charge in [0, 0.05) is 55.4 Å². The molecule has 0 amide bonds. The van der Waals surface area contributed by atoms with Gasteiger partial charge in [-0.05, 0) is 125 Å². The molecule has 115 heavy (non-hydrogen) atoms. The predicted molar refractivity (Wildman–Crippen MR) is 477 cm³/mol. The van der Waals surface area contributed by atoms with Crippen LogP contribution in [-0.4, -0.2) is 49.1 Å². The summed E-state index contributed by atoms with van der Waals surface area (Å²) in [6.45, 7) is 12.2. The number of nitrogens with zero attached hydrogens (tertiary/aromatic N) is 5. The van der Waals surface area contributed by atoms with Crippen molar-refractivity contribution in [3.63, 3.8) is 0 Å². The Morgan fingerprint density at radius 3 is 1.08 bits per heavy atom. The molecule has 10 heteroatoms. The highest BCUT2D eigenvalue weighted by Crippen LogP contribution is 2.64. The van der Waals surface area contributed by atoms with E-state index in [0.717, 1.165) is 107 Å². The summed E-state index contributed by atoms with van der Waals surface area (Å²) in [7, 11) is -6.91. The molecule has 4 heterocycles. The Kier molecular flexibility index (Phi) is 16.5. The lowest BCUT2D eigenvalue weighted by Gasteiger charge is -2.39. The molecule has 2 aromatic heterocycles. The van der Waals surface area contributed by atoms with E-state index >= 15 is 0 Å². The summed E-state index contributed by atoms with van der Waals surface area (Å²) in [5, 5.41) is 7.53. The van der Waals surface area contributed by atoms with E-state index in [9.17, 15) is 0 Å². The molecule has 4 aliphatic rings. The van der Waals surface area contributed by atoms with Crippen LogP contribution in [0.4, 0.5) is 0 Å². The number of benzene rings is 15. The van der Waals surface area contributed by atoms with Crippen molar-refractivity contribution < 1.29 is 9.47 Å². The lowest BCUT2D eigenvalue weighted by Crippen LogP contribution is -2.75. The van der Waals surface area contributed by atoms with E-state index in [4.69, 9.17) is 34.4 Å². The fraction of sp³-hybridized carbons (Fsp3) is 0.0762. The van der Waals surface area contributed by atoms with Gasteiger partial charge in [0.25, 0.3) is 0 Å². The molecular weight excluding hydrogens is 1450 g/mol. The van der Waals surface area contributed by atoms with E-state index in [1.54, 1.807) is 0 Å². The molecular formula is C105H79N5O2Si3. The van der Waals surface area contributed by atoms with Gasteiger partial charge in [0.1, 0.15) is 23.0 Å². The highest BCUT2D eigenvalue weighted by atomic mass is 28.3. The normalized spacial score (nSPS) is 13.6. The van der Waals surface area contributed by atoms with E-state index in [1.807, 2.05) is 0 Å². The summed E-state index contributed by atoms with van der Waals surface area (Å²) in [5.41, 5.74) is 22.3. The molecule has 7 nitrogen and oxygen atoms in total. The van der Waals surface area contributed by atoms with Gasteiger partial charge in [-0.3, -0.25) is 0 Å². The van der Waals surface area contributed by atoms with Crippen molar-refractivity contribution in [3.8, 4) is 113 Å². The van der Waals surface area contributed by atoms with Crippen molar-refractivity contribution >= 4 is 55.5 Å². The van der Waals surface area contributed by atoms with E-state index in [2.05, 4.69) is 409 Å². The van der Waals surface area contributed by atoms with Crippen LogP contribution in [0.3, 0.4) is 0 Å². The Balaban J connectivity index is 0.644. The summed E-state index contributed by atoms with van der Waals surface area (Å²) in [4.78, 5) is 27.4. The van der Waals surface area contributed by atoms with Crippen molar-refractivity contribution in [3.05, 3.63) is 426 Å². The van der Waals surface area contributed by atoms with Crippen LogP contribution in [0, 0.1) is 0 Å². The Morgan fingerprint density at radius 1 is 0.243 bits per heavy atom. The number of fused-ring (bicyclic) bond motifs is 18. The second-order valence-electron chi connectivity index (χ2n) is 32.7. The maximum atomic E-state index is 6.85. The minimum absolute atomic E-state index is 0.586. The summed E-state index contributed by atoms with van der Waals surface area (Å²) < 4.78 is 13.5. The number of para-hydroxylation sites is 4. The summed E-state index contributed by atoms with van der Waals surface area (Å²) >= 11 is 0. The third-order valence-electron chi connectivity index (χ3n) is 24.6. The molecule has 2 aliphatic heterocycles. The van der Waals surface area contributed by atoms with Gasteiger partial charge in [-0.15, -0.1) is 0 Å². The first-order chi connectivity index (χ1) is 56.3. The molecule has 0 bridgehead atoms. The molecule has 0 fully saturated rings. The van der Waals surface area contributed by atoms with Gasteiger partial charge < -0.3 is 9.47 Å². The molecule has 2 spiro atoms. The highest BCUT2D eigenvalue weighted by molar-refractivity contribution is 7.19. The number of hydrogen-bond donors (Lipinski definition) is 0. The lowest BCUT2D eigenvalue weighted by atomic mass is 9.66. The van der Waals surface area contributed by atoms with Crippen LogP contribution < -0.4 is 40.7 Å². The summed E-state index contributed by atoms with van der Waals surface area (Å²) in [5.74, 6) is 6.07. The van der Waals surface area contributed by atoms with Crippen LogP contribution in [0.5, 0.6) is 23.0 Å². The van der Waals surface area contributed by atoms with Gasteiger partial charge in [-0.25, -0.2) is 24.9 Å². The van der Waals surface area contributed by atoms with Gasteiger partial charge in [0.15, 0.2) is 23.3 Å². The van der Waals surface area contributed by atoms with Crippen molar-refractivity contribution in [2.24, 2.45) is 0 Å². The van der Waals surface area contributed by atoms with Crippen LogP contribution >= 0.6 is 0 Å². The lowest BCUT2D eigenvalue weighted by molar-refractivity contribution is 0.436. The molecule has 2 aliphatic carbocycles. The Bertz CT molecular complexity index is 6500. The fourth-order valence-electron chi connectivity index (χ4n) is 19.2. The first kappa shape index (κ1) is 69.6. The molecule has 15 aromatic carbocycles. The highest BCUT2D eigenvalue weighted by Gasteiger charge is 2.53. The zero-order chi connectivity index (χ0) is 77.2. The smallest absolute Gasteiger partial charge is 0.202 e. The van der Waals surface area contributed by atoms with Crippen LogP contribution in [-0.2, 0) is 16.9 Å². The monoisotopic (exact) mass is 1530 g/mol. The van der Waals surface area contributed by atoms with E-state index < -0.39 is 35.1 Å². The topological polar surface area (TPSA) is 82.9 Å². The van der Waals surface area contributed by atoms with Gasteiger partial charge >= 0.3 is 0 Å². The fourth-order valence-corrected chi connectivity index (χ4v) is 27.4. The van der Waals surface area contributed by atoms with Crippen molar-refractivity contribution in [2.75, 3.05) is 0 Å². The van der Waals surface area contributed by atoms with Crippen LogP contribution in [0.1, 0.15) is 50.1 Å². The third kappa shape index (κ3) is 11.2. The molecule has 548 valence electrons. The van der Waals surface area contributed by atoms with Gasteiger partial charge in [0.05, 0.1) is 32.7 Å². The van der Waals surface area contributed by atoms with Crippen molar-refractivity contribution in [2.45, 2.75) is 49.6 Å². The second-order valence-corrected chi connectivity index (χ2v) is 46.2. The SMILES string of the molecule is C[Si](C)(C)c1ccc(-c2nc(-c3ccc([Si](C)(C)Cc4ccc5c(c4)-c4cc(-c6ccc(-c7nc(-c8ccccc8)cc([Si](c8ccccc8)(c8ccccc8)c8ccccc8)n7)cc6)ccc4C54c5ccccc5Oc5ccccc54)cc3)nc(-c3ccc4c(c3)-c3ccccc3C43c4ccccc4Oc4ccccc43)n2)cc1. The minimum Gasteiger partial charge on any atom is -0.457 e. The van der Waals surface area contributed by atoms with E-state index in [1.165, 1.54) is 70.4 Å². The first-order valence-electron chi connectivity index (χ1n) is 39.8. The van der Waals surface area contributed by atoms with Gasteiger partial charge in [-0.2, -0.15) is 0 Å². The Hall–Kier alpha value is -13.4.